The molecule has 1 aliphatic heterocycles. The summed E-state index contributed by atoms with van der Waals surface area (Å²) < 4.78 is 2.06. The third kappa shape index (κ3) is 2.72. The van der Waals surface area contributed by atoms with E-state index in [0.717, 1.165) is 35.1 Å². The molecule has 1 fully saturated rings. The molecule has 1 atom stereocenters. The summed E-state index contributed by atoms with van der Waals surface area (Å²) in [4.78, 5) is 38.9. The van der Waals surface area contributed by atoms with Crippen LogP contribution < -0.4 is 17.0 Å². The minimum absolute atomic E-state index is 0.0599. The molecule has 0 aromatic carbocycles. The number of rotatable bonds is 3. The zero-order valence-corrected chi connectivity index (χ0v) is 13.6. The second-order valence-electron chi connectivity index (χ2n) is 6.22. The number of hydrogen-bond donors (Lipinski definition) is 1. The van der Waals surface area contributed by atoms with E-state index in [2.05, 4.69) is 11.8 Å². The van der Waals surface area contributed by atoms with E-state index in [4.69, 9.17) is 5.73 Å². The van der Waals surface area contributed by atoms with Crippen LogP contribution in [-0.2, 0) is 14.1 Å². The topological polar surface area (TPSA) is 90.3 Å². The number of nitrogens with two attached hydrogens (primary N) is 1. The Kier molecular flexibility index (Phi) is 4.55. The lowest BCUT2D eigenvalue weighted by Gasteiger charge is -2.34. The van der Waals surface area contributed by atoms with E-state index in [1.54, 1.807) is 6.92 Å². The monoisotopic (exact) mass is 308 g/mol. The lowest BCUT2D eigenvalue weighted by Crippen LogP contribution is -2.48. The molecule has 0 bridgehead atoms. The number of anilines is 1. The molecule has 1 saturated heterocycles. The Hall–Kier alpha value is -1.89. The second-order valence-corrected chi connectivity index (χ2v) is 6.22. The molecular formula is C15H24N4O3. The zero-order valence-electron chi connectivity index (χ0n) is 13.6. The van der Waals surface area contributed by atoms with Crippen LogP contribution in [0.25, 0.3) is 0 Å². The van der Waals surface area contributed by atoms with Gasteiger partial charge in [-0.15, -0.1) is 0 Å². The van der Waals surface area contributed by atoms with Crippen molar-refractivity contribution in [2.75, 3.05) is 18.8 Å². The van der Waals surface area contributed by atoms with Gasteiger partial charge in [0.1, 0.15) is 11.4 Å². The summed E-state index contributed by atoms with van der Waals surface area (Å²) in [6, 6.07) is -0.417. The van der Waals surface area contributed by atoms with E-state index in [1.165, 1.54) is 14.1 Å². The minimum atomic E-state index is -0.622. The Morgan fingerprint density at radius 1 is 1.18 bits per heavy atom. The highest BCUT2D eigenvalue weighted by molar-refractivity contribution is 6.03. The summed E-state index contributed by atoms with van der Waals surface area (Å²) in [5.41, 5.74) is 4.61. The first-order chi connectivity index (χ1) is 10.3. The number of aromatic nitrogens is 2. The fourth-order valence-electron chi connectivity index (χ4n) is 2.88. The Morgan fingerprint density at radius 2 is 1.73 bits per heavy atom. The SMILES string of the molecule is CC1CCN([C@@H](C)C(=O)c2c(N)n(C)c(=O)n(C)c2=O)CC1. The highest BCUT2D eigenvalue weighted by atomic mass is 16.2. The molecule has 1 aromatic heterocycles. The van der Waals surface area contributed by atoms with Crippen molar-refractivity contribution >= 4 is 11.6 Å². The molecule has 7 heteroatoms. The average Bonchev–Trinajstić information content (AvgIpc) is 2.51. The summed E-state index contributed by atoms with van der Waals surface area (Å²) in [6.07, 6.45) is 2.08. The fraction of sp³-hybridized carbons (Fsp3) is 0.667. The van der Waals surface area contributed by atoms with Crippen molar-refractivity contribution in [2.45, 2.75) is 32.7 Å². The summed E-state index contributed by atoms with van der Waals surface area (Å²) in [5, 5.41) is 0. The quantitative estimate of drug-likeness (QED) is 0.792. The largest absolute Gasteiger partial charge is 0.384 e. The normalized spacial score (nSPS) is 18.4. The molecule has 2 rings (SSSR count). The van der Waals surface area contributed by atoms with Crippen LogP contribution in [0.2, 0.25) is 0 Å². The van der Waals surface area contributed by atoms with E-state index >= 15 is 0 Å². The Bertz CT molecular complexity index is 696. The van der Waals surface area contributed by atoms with Crippen molar-refractivity contribution < 1.29 is 4.79 Å². The van der Waals surface area contributed by atoms with Gasteiger partial charge in [0.25, 0.3) is 5.56 Å². The predicted octanol–water partition coefficient (Wildman–Crippen LogP) is -0.0307. The Balaban J connectivity index is 2.38. The van der Waals surface area contributed by atoms with E-state index in [1.807, 2.05) is 0 Å². The second kappa shape index (κ2) is 6.08. The molecule has 0 amide bonds. The van der Waals surface area contributed by atoms with Crippen LogP contribution in [0.4, 0.5) is 5.82 Å². The van der Waals surface area contributed by atoms with Gasteiger partial charge in [-0.2, -0.15) is 0 Å². The molecule has 2 heterocycles. The maximum Gasteiger partial charge on any atom is 0.332 e. The minimum Gasteiger partial charge on any atom is -0.384 e. The van der Waals surface area contributed by atoms with Crippen LogP contribution in [0.5, 0.6) is 0 Å². The molecule has 0 radical (unpaired) electrons. The van der Waals surface area contributed by atoms with Crippen LogP contribution in [0.15, 0.2) is 9.59 Å². The number of carbonyl (C=O) groups excluding carboxylic acids is 1. The van der Waals surface area contributed by atoms with Crippen LogP contribution >= 0.6 is 0 Å². The Morgan fingerprint density at radius 3 is 2.27 bits per heavy atom. The smallest absolute Gasteiger partial charge is 0.332 e. The summed E-state index contributed by atoms with van der Waals surface area (Å²) >= 11 is 0. The van der Waals surface area contributed by atoms with Gasteiger partial charge in [-0.25, -0.2) is 4.79 Å². The standard InChI is InChI=1S/C15H24N4O3/c1-9-5-7-19(8-6-9)10(2)12(20)11-13(16)17(3)15(22)18(4)14(11)21/h9-10H,5-8,16H2,1-4H3/t10-/m0/s1. The number of carbonyl (C=O) groups is 1. The number of ketones is 1. The van der Waals surface area contributed by atoms with Gasteiger partial charge in [-0.3, -0.25) is 23.6 Å². The van der Waals surface area contributed by atoms with Gasteiger partial charge in [0.2, 0.25) is 0 Å². The first kappa shape index (κ1) is 16.5. The predicted molar refractivity (Wildman–Crippen MR) is 85.1 cm³/mol. The molecular weight excluding hydrogens is 284 g/mol. The number of nitrogens with zero attached hydrogens (tertiary/aromatic N) is 3. The molecule has 0 saturated carbocycles. The maximum atomic E-state index is 12.7. The first-order valence-corrected chi connectivity index (χ1v) is 7.59. The van der Waals surface area contributed by atoms with Crippen LogP contribution in [-0.4, -0.2) is 38.9 Å². The van der Waals surface area contributed by atoms with Crippen LogP contribution in [0.3, 0.4) is 0 Å². The van der Waals surface area contributed by atoms with Gasteiger partial charge >= 0.3 is 5.69 Å². The third-order valence-electron chi connectivity index (χ3n) is 4.70. The van der Waals surface area contributed by atoms with Crippen molar-refractivity contribution in [1.29, 1.82) is 0 Å². The lowest BCUT2D eigenvalue weighted by atomic mass is 9.96. The zero-order chi connectivity index (χ0) is 16.6. The van der Waals surface area contributed by atoms with Crippen LogP contribution in [0.1, 0.15) is 37.0 Å². The number of nitrogen functional groups attached to an aromatic ring is 1. The molecule has 7 nitrogen and oxygen atoms in total. The van der Waals surface area contributed by atoms with Crippen molar-refractivity contribution in [3.63, 3.8) is 0 Å². The van der Waals surface area contributed by atoms with Gasteiger partial charge in [0, 0.05) is 14.1 Å². The molecule has 0 unspecified atom stereocenters. The number of hydrogen-bond acceptors (Lipinski definition) is 5. The molecule has 122 valence electrons. The molecule has 1 aromatic rings. The number of piperidine rings is 1. The average molecular weight is 308 g/mol. The maximum absolute atomic E-state index is 12.7. The molecule has 1 aliphatic rings. The van der Waals surface area contributed by atoms with Gasteiger partial charge in [0.05, 0.1) is 6.04 Å². The van der Waals surface area contributed by atoms with Crippen LogP contribution in [0, 0.1) is 5.92 Å². The summed E-state index contributed by atoms with van der Waals surface area (Å²) in [5.74, 6) is 0.285. The summed E-state index contributed by atoms with van der Waals surface area (Å²) in [6.45, 7) is 5.66. The van der Waals surface area contributed by atoms with Gasteiger partial charge in [-0.05, 0) is 38.8 Å². The molecule has 22 heavy (non-hydrogen) atoms. The van der Waals surface area contributed by atoms with E-state index in [9.17, 15) is 14.4 Å². The van der Waals surface area contributed by atoms with Crippen molar-refractivity contribution in [3.05, 3.63) is 26.4 Å². The van der Waals surface area contributed by atoms with Crippen molar-refractivity contribution in [1.82, 2.24) is 14.0 Å². The molecule has 0 aliphatic carbocycles. The third-order valence-corrected chi connectivity index (χ3v) is 4.70. The molecule has 2 N–H and O–H groups in total. The van der Waals surface area contributed by atoms with Gasteiger partial charge in [0.15, 0.2) is 5.78 Å². The number of likely N-dealkylation sites (tertiary alicyclic amines) is 1. The fourth-order valence-corrected chi connectivity index (χ4v) is 2.88. The highest BCUT2D eigenvalue weighted by Crippen LogP contribution is 2.20. The van der Waals surface area contributed by atoms with Crippen molar-refractivity contribution in [3.8, 4) is 0 Å². The van der Waals surface area contributed by atoms with E-state index in [0.29, 0.717) is 5.92 Å². The number of Topliss-reactive ketones (excluding diaryl/α,β-unsaturated/α-hetero) is 1. The highest BCUT2D eigenvalue weighted by Gasteiger charge is 2.30. The molecule has 0 spiro atoms. The first-order valence-electron chi connectivity index (χ1n) is 7.59. The van der Waals surface area contributed by atoms with Gasteiger partial charge in [-0.1, -0.05) is 6.92 Å². The van der Waals surface area contributed by atoms with E-state index in [-0.39, 0.29) is 17.2 Å². The summed E-state index contributed by atoms with van der Waals surface area (Å²) in [7, 11) is 2.81. The van der Waals surface area contributed by atoms with E-state index < -0.39 is 17.3 Å². The van der Waals surface area contributed by atoms with Crippen molar-refractivity contribution in [2.24, 2.45) is 20.0 Å². The lowest BCUT2D eigenvalue weighted by molar-refractivity contribution is 0.0777. The van der Waals surface area contributed by atoms with Gasteiger partial charge < -0.3 is 5.73 Å². The Labute approximate surface area is 129 Å².